The second kappa shape index (κ2) is 6.35. The van der Waals surface area contributed by atoms with E-state index in [4.69, 9.17) is 5.73 Å². The first-order valence-corrected chi connectivity index (χ1v) is 6.63. The zero-order valence-electron chi connectivity index (χ0n) is 11.6. The topological polar surface area (TPSA) is 55.1 Å². The molecule has 0 aromatic heterocycles. The van der Waals surface area contributed by atoms with Gasteiger partial charge in [-0.2, -0.15) is 0 Å². The van der Waals surface area contributed by atoms with Crippen molar-refractivity contribution < 1.29 is 13.6 Å². The minimum atomic E-state index is -0.937. The first kappa shape index (κ1) is 15.0. The lowest BCUT2D eigenvalue weighted by Crippen LogP contribution is -2.28. The van der Waals surface area contributed by atoms with E-state index in [0.29, 0.717) is 6.42 Å². The van der Waals surface area contributed by atoms with E-state index in [2.05, 4.69) is 5.32 Å². The predicted molar refractivity (Wildman–Crippen MR) is 77.7 cm³/mol. The van der Waals surface area contributed by atoms with Crippen LogP contribution >= 0.6 is 0 Å². The third-order valence-electron chi connectivity index (χ3n) is 3.26. The molecule has 2 aromatic carbocycles. The van der Waals surface area contributed by atoms with Crippen molar-refractivity contribution in [1.29, 1.82) is 0 Å². The summed E-state index contributed by atoms with van der Waals surface area (Å²) in [6, 6.07) is 11.0. The molecule has 0 bridgehead atoms. The Hall–Kier alpha value is -2.43. The van der Waals surface area contributed by atoms with Crippen molar-refractivity contribution in [2.75, 3.05) is 5.73 Å². The van der Waals surface area contributed by atoms with E-state index in [1.54, 1.807) is 0 Å². The summed E-state index contributed by atoms with van der Waals surface area (Å²) in [6.45, 7) is 1.92. The van der Waals surface area contributed by atoms with E-state index in [9.17, 15) is 13.6 Å². The molecule has 0 heterocycles. The average molecular weight is 290 g/mol. The van der Waals surface area contributed by atoms with Crippen LogP contribution in [-0.2, 0) is 0 Å². The molecule has 5 heteroatoms. The monoisotopic (exact) mass is 290 g/mol. The number of nitrogens with two attached hydrogens (primary N) is 1. The number of anilines is 1. The molecule has 110 valence electrons. The fraction of sp³-hybridized carbons (Fsp3) is 0.188. The third-order valence-corrected chi connectivity index (χ3v) is 3.26. The minimum Gasteiger partial charge on any atom is -0.394 e. The van der Waals surface area contributed by atoms with Gasteiger partial charge in [0, 0.05) is 5.56 Å². The summed E-state index contributed by atoms with van der Waals surface area (Å²) in [5.41, 5.74) is 5.45. The van der Waals surface area contributed by atoms with Gasteiger partial charge in [-0.05, 0) is 24.1 Å². The molecular weight excluding hydrogens is 274 g/mol. The van der Waals surface area contributed by atoms with Gasteiger partial charge in [0.25, 0.3) is 5.91 Å². The highest BCUT2D eigenvalue weighted by atomic mass is 19.1. The summed E-state index contributed by atoms with van der Waals surface area (Å²) in [7, 11) is 0. The summed E-state index contributed by atoms with van der Waals surface area (Å²) in [4.78, 5) is 12.1. The molecule has 1 unspecified atom stereocenters. The average Bonchev–Trinajstić information content (AvgIpc) is 2.50. The van der Waals surface area contributed by atoms with Crippen molar-refractivity contribution in [3.05, 3.63) is 65.2 Å². The van der Waals surface area contributed by atoms with E-state index in [1.165, 1.54) is 0 Å². The summed E-state index contributed by atoms with van der Waals surface area (Å²) in [6.07, 6.45) is 0.662. The van der Waals surface area contributed by atoms with Crippen molar-refractivity contribution in [2.45, 2.75) is 19.4 Å². The lowest BCUT2D eigenvalue weighted by atomic mass is 10.0. The Morgan fingerprint density at radius 3 is 2.29 bits per heavy atom. The number of carbonyl (C=O) groups excluding carboxylic acids is 1. The van der Waals surface area contributed by atoms with Gasteiger partial charge in [0.2, 0.25) is 0 Å². The fourth-order valence-electron chi connectivity index (χ4n) is 2.06. The van der Waals surface area contributed by atoms with Crippen LogP contribution in [0.5, 0.6) is 0 Å². The maximum Gasteiger partial charge on any atom is 0.251 e. The van der Waals surface area contributed by atoms with Crippen LogP contribution in [0.3, 0.4) is 0 Å². The third kappa shape index (κ3) is 3.37. The largest absolute Gasteiger partial charge is 0.394 e. The number of nitrogens with one attached hydrogen (secondary N) is 1. The van der Waals surface area contributed by atoms with Crippen LogP contribution in [0.15, 0.2) is 42.5 Å². The second-order valence-electron chi connectivity index (χ2n) is 4.70. The van der Waals surface area contributed by atoms with Crippen LogP contribution in [0.25, 0.3) is 0 Å². The zero-order chi connectivity index (χ0) is 15.4. The highest BCUT2D eigenvalue weighted by Crippen LogP contribution is 2.20. The van der Waals surface area contributed by atoms with Crippen LogP contribution in [-0.4, -0.2) is 5.91 Å². The molecule has 3 N–H and O–H groups in total. The van der Waals surface area contributed by atoms with Gasteiger partial charge < -0.3 is 11.1 Å². The molecule has 0 saturated heterocycles. The van der Waals surface area contributed by atoms with Crippen LogP contribution in [0.2, 0.25) is 0 Å². The Kier molecular flexibility index (Phi) is 4.52. The molecule has 0 aliphatic rings. The highest BCUT2D eigenvalue weighted by Gasteiger charge is 2.17. The highest BCUT2D eigenvalue weighted by molar-refractivity contribution is 5.94. The number of benzene rings is 2. The van der Waals surface area contributed by atoms with Crippen LogP contribution in [0.4, 0.5) is 14.5 Å². The quantitative estimate of drug-likeness (QED) is 0.848. The first-order chi connectivity index (χ1) is 10.0. The Bertz CT molecular complexity index is 621. The van der Waals surface area contributed by atoms with Crippen molar-refractivity contribution >= 4 is 11.6 Å². The summed E-state index contributed by atoms with van der Waals surface area (Å²) in [5, 5.41) is 2.76. The van der Waals surface area contributed by atoms with E-state index < -0.39 is 23.2 Å². The Labute approximate surface area is 121 Å². The minimum absolute atomic E-state index is 0.0893. The molecule has 3 nitrogen and oxygen atoms in total. The first-order valence-electron chi connectivity index (χ1n) is 6.63. The number of hydrogen-bond acceptors (Lipinski definition) is 2. The molecule has 21 heavy (non-hydrogen) atoms. The van der Waals surface area contributed by atoms with Gasteiger partial charge in [-0.15, -0.1) is 0 Å². The maximum atomic E-state index is 13.4. The van der Waals surface area contributed by atoms with Crippen molar-refractivity contribution in [3.63, 3.8) is 0 Å². The molecule has 0 aliphatic heterocycles. The van der Waals surface area contributed by atoms with Gasteiger partial charge >= 0.3 is 0 Å². The normalized spacial score (nSPS) is 12.0. The van der Waals surface area contributed by atoms with Gasteiger partial charge in [0.15, 0.2) is 0 Å². The Balaban J connectivity index is 2.21. The standard InChI is InChI=1S/C16H16F2N2O/c1-2-14(10-6-4-3-5-7-10)20-16(21)11-8-12(17)15(19)13(18)9-11/h3-9,14H,2,19H2,1H3,(H,20,21). The molecule has 0 saturated carbocycles. The van der Waals surface area contributed by atoms with Gasteiger partial charge in [0.05, 0.1) is 6.04 Å². The smallest absolute Gasteiger partial charge is 0.251 e. The lowest BCUT2D eigenvalue weighted by molar-refractivity contribution is 0.0934. The molecule has 2 rings (SSSR count). The molecule has 1 atom stereocenters. The van der Waals surface area contributed by atoms with Gasteiger partial charge in [-0.3, -0.25) is 4.79 Å². The SMILES string of the molecule is CCC(NC(=O)c1cc(F)c(N)c(F)c1)c1ccccc1. The van der Waals surface area contributed by atoms with Gasteiger partial charge in [-0.1, -0.05) is 37.3 Å². The van der Waals surface area contributed by atoms with Crippen LogP contribution in [0.1, 0.15) is 35.3 Å². The lowest BCUT2D eigenvalue weighted by Gasteiger charge is -2.17. The number of carbonyl (C=O) groups is 1. The molecule has 0 radical (unpaired) electrons. The van der Waals surface area contributed by atoms with Gasteiger partial charge in [-0.25, -0.2) is 8.78 Å². The zero-order valence-corrected chi connectivity index (χ0v) is 11.6. The van der Waals surface area contributed by atoms with E-state index in [-0.39, 0.29) is 11.6 Å². The van der Waals surface area contributed by atoms with Crippen LogP contribution < -0.4 is 11.1 Å². The van der Waals surface area contributed by atoms with Crippen molar-refractivity contribution in [3.8, 4) is 0 Å². The molecule has 2 aromatic rings. The van der Waals surface area contributed by atoms with Gasteiger partial charge in [0.1, 0.15) is 17.3 Å². The Morgan fingerprint density at radius 2 is 1.76 bits per heavy atom. The van der Waals surface area contributed by atoms with Crippen molar-refractivity contribution in [2.24, 2.45) is 0 Å². The second-order valence-corrected chi connectivity index (χ2v) is 4.70. The number of hydrogen-bond donors (Lipinski definition) is 2. The van der Waals surface area contributed by atoms with E-state index >= 15 is 0 Å². The summed E-state index contributed by atoms with van der Waals surface area (Å²) in [5.74, 6) is -2.41. The number of halogens is 2. The van der Waals surface area contributed by atoms with E-state index in [1.807, 2.05) is 37.3 Å². The fourth-order valence-corrected chi connectivity index (χ4v) is 2.06. The molecule has 1 amide bonds. The molecular formula is C16H16F2N2O. The maximum absolute atomic E-state index is 13.4. The summed E-state index contributed by atoms with van der Waals surface area (Å²) >= 11 is 0. The van der Waals surface area contributed by atoms with E-state index in [0.717, 1.165) is 17.7 Å². The molecule has 0 fully saturated rings. The Morgan fingerprint density at radius 1 is 1.19 bits per heavy atom. The number of rotatable bonds is 4. The van der Waals surface area contributed by atoms with Crippen LogP contribution in [0, 0.1) is 11.6 Å². The summed E-state index contributed by atoms with van der Waals surface area (Å²) < 4.78 is 26.8. The predicted octanol–water partition coefficient (Wildman–Crippen LogP) is 3.43. The molecule has 0 aliphatic carbocycles. The molecule has 0 spiro atoms. The van der Waals surface area contributed by atoms with Crippen molar-refractivity contribution in [1.82, 2.24) is 5.32 Å². The number of amides is 1. The number of nitrogen functional groups attached to an aromatic ring is 1.